The zero-order valence-electron chi connectivity index (χ0n) is 37.5. The molecule has 0 amide bonds. The Kier molecular flexibility index (Phi) is 7.12. The van der Waals surface area contributed by atoms with E-state index in [0.29, 0.717) is 0 Å². The maximum absolute atomic E-state index is 6.69. The van der Waals surface area contributed by atoms with E-state index in [9.17, 15) is 0 Å². The van der Waals surface area contributed by atoms with Gasteiger partial charge in [0.2, 0.25) is 0 Å². The van der Waals surface area contributed by atoms with E-state index in [0.717, 1.165) is 68.1 Å². The molecule has 0 radical (unpaired) electrons. The van der Waals surface area contributed by atoms with Crippen molar-refractivity contribution in [2.24, 2.45) is 0 Å². The smallest absolute Gasteiger partial charge is 0.164 e. The Bertz CT molecular complexity index is 3070. The highest BCUT2D eigenvalue weighted by Crippen LogP contribution is 2.62. The normalized spacial score (nSPS) is 40.4. The number of aromatic nitrogens is 4. The molecule has 6 fully saturated rings. The van der Waals surface area contributed by atoms with Gasteiger partial charge in [-0.3, -0.25) is 0 Å². The van der Waals surface area contributed by atoms with E-state index < -0.39 is 23.1 Å². The van der Waals surface area contributed by atoms with E-state index in [4.69, 9.17) is 37.9 Å². The van der Waals surface area contributed by atoms with E-state index in [-0.39, 0.29) is 84.3 Å². The second-order valence-corrected chi connectivity index (χ2v) is 22.3. The van der Waals surface area contributed by atoms with Gasteiger partial charge < -0.3 is 57.8 Å². The maximum Gasteiger partial charge on any atom is 0.164 e. The van der Waals surface area contributed by atoms with Crippen molar-refractivity contribution in [3.63, 3.8) is 0 Å². The molecular formula is C52H56N4O8. The summed E-state index contributed by atoms with van der Waals surface area (Å²) in [7, 11) is 0. The molecule has 4 aromatic heterocycles. The third-order valence-electron chi connectivity index (χ3n) is 16.4. The molecule has 11 aliphatic rings. The molecule has 14 atom stereocenters. The van der Waals surface area contributed by atoms with E-state index in [1.54, 1.807) is 0 Å². The molecule has 12 bridgehead atoms. The Hall–Kier alpha value is -4.24. The fourth-order valence-corrected chi connectivity index (χ4v) is 14.6. The van der Waals surface area contributed by atoms with Crippen molar-refractivity contribution in [3.05, 3.63) is 114 Å². The second kappa shape index (κ2) is 12.0. The van der Waals surface area contributed by atoms with Crippen molar-refractivity contribution in [1.29, 1.82) is 0 Å². The predicted molar refractivity (Wildman–Crippen MR) is 235 cm³/mol. The SMILES string of the molecule is CC1(C)OC2C=CC(c3cc4[nH]c3C=c3[nH]c(cc3C3C=CC5OC(C)(C)OC53)=Cc3[nH]c(c5c3C3CC5C5OC(C)(C)OC35)C=c3[nH]c(c5c3C3CC5C5OC(C)(C)OC35)=C4)C2O1. The topological polar surface area (TPSA) is 137 Å². The Morgan fingerprint density at radius 3 is 1.45 bits per heavy atom. The van der Waals surface area contributed by atoms with Crippen LogP contribution in [0.4, 0.5) is 0 Å². The average Bonchev–Trinajstić information content (AvgIpc) is 4.01. The lowest BCUT2D eigenvalue weighted by Crippen LogP contribution is -2.31. The second-order valence-electron chi connectivity index (χ2n) is 22.3. The van der Waals surface area contributed by atoms with E-state index in [2.05, 4.69) is 108 Å². The molecule has 4 saturated heterocycles. The van der Waals surface area contributed by atoms with Gasteiger partial charge in [0.1, 0.15) is 24.4 Å². The first-order valence-electron chi connectivity index (χ1n) is 23.7. The number of fused-ring (bicyclic) bond motifs is 30. The first-order chi connectivity index (χ1) is 30.5. The van der Waals surface area contributed by atoms with Crippen LogP contribution in [0.15, 0.2) is 36.4 Å². The molecule has 0 spiro atoms. The molecule has 9 heterocycles. The van der Waals surface area contributed by atoms with Crippen LogP contribution in [-0.4, -0.2) is 91.9 Å². The quantitative estimate of drug-likeness (QED) is 0.178. The van der Waals surface area contributed by atoms with Gasteiger partial charge in [-0.15, -0.1) is 0 Å². The first kappa shape index (κ1) is 37.9. The maximum atomic E-state index is 6.69. The third-order valence-corrected chi connectivity index (χ3v) is 16.4. The zero-order valence-corrected chi connectivity index (χ0v) is 37.5. The zero-order chi connectivity index (χ0) is 43.1. The van der Waals surface area contributed by atoms with Crippen LogP contribution in [0.2, 0.25) is 0 Å². The van der Waals surface area contributed by atoms with Crippen LogP contribution in [0.1, 0.15) is 160 Å². The third kappa shape index (κ3) is 5.17. The van der Waals surface area contributed by atoms with Gasteiger partial charge in [-0.1, -0.05) is 24.3 Å². The van der Waals surface area contributed by atoms with Crippen molar-refractivity contribution in [2.75, 3.05) is 0 Å². The highest BCUT2D eigenvalue weighted by Gasteiger charge is 2.62. The van der Waals surface area contributed by atoms with Crippen LogP contribution >= 0.6 is 0 Å². The molecule has 12 nitrogen and oxygen atoms in total. The number of ether oxygens (including phenoxy) is 8. The van der Waals surface area contributed by atoms with Gasteiger partial charge in [0, 0.05) is 79.7 Å². The Morgan fingerprint density at radius 1 is 0.406 bits per heavy atom. The molecule has 332 valence electrons. The summed E-state index contributed by atoms with van der Waals surface area (Å²) in [6.45, 7) is 16.3. The van der Waals surface area contributed by atoms with Gasteiger partial charge in [-0.25, -0.2) is 0 Å². The van der Waals surface area contributed by atoms with Gasteiger partial charge in [0.25, 0.3) is 0 Å². The molecule has 15 rings (SSSR count). The number of hydrogen-bond donors (Lipinski definition) is 4. The summed E-state index contributed by atoms with van der Waals surface area (Å²) in [4.78, 5) is 15.9. The Labute approximate surface area is 370 Å². The Morgan fingerprint density at radius 2 is 0.875 bits per heavy atom. The van der Waals surface area contributed by atoms with Crippen LogP contribution in [0, 0.1) is 0 Å². The van der Waals surface area contributed by atoms with E-state index in [1.807, 2.05) is 27.7 Å². The van der Waals surface area contributed by atoms with Gasteiger partial charge in [-0.05, 0) is 138 Å². The summed E-state index contributed by atoms with van der Waals surface area (Å²) in [6, 6.07) is 4.64. The summed E-state index contributed by atoms with van der Waals surface area (Å²) in [5.41, 5.74) is 12.1. The minimum atomic E-state index is -0.666. The van der Waals surface area contributed by atoms with Crippen LogP contribution in [0.25, 0.3) is 24.3 Å². The van der Waals surface area contributed by atoms with Gasteiger partial charge >= 0.3 is 0 Å². The lowest BCUT2D eigenvalue weighted by molar-refractivity contribution is -0.154. The minimum Gasteiger partial charge on any atom is -0.355 e. The largest absolute Gasteiger partial charge is 0.355 e. The van der Waals surface area contributed by atoms with E-state index >= 15 is 0 Å². The number of aromatic amines is 4. The first-order valence-corrected chi connectivity index (χ1v) is 23.7. The Balaban J connectivity index is 0.982. The summed E-state index contributed by atoms with van der Waals surface area (Å²) in [6.07, 6.45) is 19.8. The molecule has 6 aliphatic carbocycles. The molecular weight excluding hydrogens is 809 g/mol. The number of nitrogens with one attached hydrogen (secondary N) is 4. The highest BCUT2D eigenvalue weighted by molar-refractivity contribution is 5.69. The summed E-state index contributed by atoms with van der Waals surface area (Å²) in [5, 5.41) is 4.30. The lowest BCUT2D eigenvalue weighted by atomic mass is 9.87. The molecule has 14 unspecified atom stereocenters. The minimum absolute atomic E-state index is 0.0136. The molecule has 12 heteroatoms. The van der Waals surface area contributed by atoms with Crippen LogP contribution in [0.3, 0.4) is 0 Å². The monoisotopic (exact) mass is 864 g/mol. The highest BCUT2D eigenvalue weighted by atomic mass is 16.8. The van der Waals surface area contributed by atoms with Crippen molar-refractivity contribution in [3.8, 4) is 0 Å². The molecule has 64 heavy (non-hydrogen) atoms. The van der Waals surface area contributed by atoms with Gasteiger partial charge in [-0.2, -0.15) is 0 Å². The van der Waals surface area contributed by atoms with Crippen LogP contribution < -0.4 is 21.4 Å². The molecule has 4 N–H and O–H groups in total. The van der Waals surface area contributed by atoms with Crippen LogP contribution in [-0.2, 0) is 37.9 Å². The molecule has 4 aromatic rings. The van der Waals surface area contributed by atoms with Crippen molar-refractivity contribution in [2.45, 2.75) is 176 Å². The van der Waals surface area contributed by atoms with Crippen molar-refractivity contribution < 1.29 is 37.9 Å². The number of hydrogen-bond acceptors (Lipinski definition) is 8. The molecule has 0 aromatic carbocycles. The van der Waals surface area contributed by atoms with Gasteiger partial charge in [0.15, 0.2) is 23.1 Å². The lowest BCUT2D eigenvalue weighted by Gasteiger charge is -2.23. The fraction of sp³-hybridized carbons (Fsp3) is 0.538. The summed E-state index contributed by atoms with van der Waals surface area (Å²) >= 11 is 0. The van der Waals surface area contributed by atoms with Gasteiger partial charge in [0.05, 0.1) is 24.4 Å². The van der Waals surface area contributed by atoms with Crippen molar-refractivity contribution in [1.82, 2.24) is 19.9 Å². The number of H-pyrrole nitrogens is 4. The molecule has 2 saturated carbocycles. The standard InChI is InChI=1S/C52H56N4O8/c1-49(2)57-37-11-9-23(43(37)59-49)25-13-21-15-33-39-27-17-29(47-45(27)61-51(5,6)63-47)41(39)35(55-33)20-36-42-30-18-28(46-48(30)64-52(7,8)62-46)40(42)34(56-36)16-22-14-26(32(54-22)19-31(25)53-21)24-10-12-38-44(24)60-50(3,4)58-38/h9-16,19-20,23-24,27-30,37-38,43-48,53-56H,17-18H2,1-8H3. The fourth-order valence-electron chi connectivity index (χ4n) is 14.6. The van der Waals surface area contributed by atoms with Crippen LogP contribution in [0.5, 0.6) is 0 Å². The predicted octanol–water partition coefficient (Wildman–Crippen LogP) is 5.18. The van der Waals surface area contributed by atoms with E-state index in [1.165, 1.54) is 22.3 Å². The molecule has 5 aliphatic heterocycles. The summed E-state index contributed by atoms with van der Waals surface area (Å²) < 4.78 is 52.8. The summed E-state index contributed by atoms with van der Waals surface area (Å²) in [5.74, 6) is -1.71. The number of rotatable bonds is 2. The van der Waals surface area contributed by atoms with Crippen molar-refractivity contribution >= 4 is 24.3 Å². The average molecular weight is 865 g/mol.